The maximum Gasteiger partial charge on any atom is 0.150 e. The molecule has 0 aromatic heterocycles. The molecule has 1 saturated carbocycles. The number of ketones is 1. The smallest absolute Gasteiger partial charge is 0.150 e. The lowest BCUT2D eigenvalue weighted by Crippen LogP contribution is -2.24. The molecule has 1 aliphatic carbocycles. The first-order chi connectivity index (χ1) is 5.18. The normalized spacial score (nSPS) is 16.5. The van der Waals surface area contributed by atoms with E-state index in [1.54, 1.807) is 0 Å². The number of rotatable bonds is 5. The van der Waals surface area contributed by atoms with Crippen LogP contribution in [0.4, 0.5) is 0 Å². The summed E-state index contributed by atoms with van der Waals surface area (Å²) in [6.07, 6.45) is 3.00. The van der Waals surface area contributed by atoms with Crippen molar-refractivity contribution in [2.75, 3.05) is 6.54 Å². The van der Waals surface area contributed by atoms with E-state index in [0.717, 1.165) is 5.57 Å². The molecule has 0 bridgehead atoms. The third-order valence-electron chi connectivity index (χ3n) is 1.66. The van der Waals surface area contributed by atoms with Crippen molar-refractivity contribution in [2.24, 2.45) is 0 Å². The van der Waals surface area contributed by atoms with Gasteiger partial charge in [-0.3, -0.25) is 4.79 Å². The zero-order valence-corrected chi connectivity index (χ0v) is 7.02. The molecule has 0 aromatic rings. The Morgan fingerprint density at radius 1 is 1.64 bits per heavy atom. The Morgan fingerprint density at radius 3 is 2.73 bits per heavy atom. The first kappa shape index (κ1) is 8.47. The lowest BCUT2D eigenvalue weighted by atomic mass is 10.2. The monoisotopic (exact) mass is 153 g/mol. The molecule has 0 atom stereocenters. The van der Waals surface area contributed by atoms with Crippen LogP contribution < -0.4 is 5.32 Å². The van der Waals surface area contributed by atoms with Crippen LogP contribution in [0.2, 0.25) is 0 Å². The Balaban J connectivity index is 2.04. The summed E-state index contributed by atoms with van der Waals surface area (Å²) in [6.45, 7) is 6.10. The lowest BCUT2D eigenvalue weighted by Gasteiger charge is -2.00. The summed E-state index contributed by atoms with van der Waals surface area (Å²) < 4.78 is 0. The summed E-state index contributed by atoms with van der Waals surface area (Å²) in [5.74, 6) is 0.254. The molecule has 1 N–H and O–H groups in total. The van der Waals surface area contributed by atoms with Gasteiger partial charge in [0.2, 0.25) is 0 Å². The molecule has 1 fully saturated rings. The van der Waals surface area contributed by atoms with Crippen LogP contribution >= 0.6 is 0 Å². The zero-order chi connectivity index (χ0) is 8.27. The summed E-state index contributed by atoms with van der Waals surface area (Å²) in [7, 11) is 0. The van der Waals surface area contributed by atoms with Crippen molar-refractivity contribution in [3.63, 3.8) is 0 Å². The minimum Gasteiger partial charge on any atom is -0.307 e. The van der Waals surface area contributed by atoms with Crippen molar-refractivity contribution in [3.05, 3.63) is 12.2 Å². The topological polar surface area (TPSA) is 29.1 Å². The van der Waals surface area contributed by atoms with Gasteiger partial charge in [-0.15, -0.1) is 0 Å². The van der Waals surface area contributed by atoms with E-state index in [-0.39, 0.29) is 5.78 Å². The van der Waals surface area contributed by atoms with Crippen molar-refractivity contribution in [1.82, 2.24) is 5.32 Å². The molecule has 0 radical (unpaired) electrons. The Bertz CT molecular complexity index is 170. The molecular formula is C9H15NO. The van der Waals surface area contributed by atoms with Crippen LogP contribution in [0.3, 0.4) is 0 Å². The fourth-order valence-corrected chi connectivity index (χ4v) is 0.945. The number of hydrogen-bond donors (Lipinski definition) is 1. The Kier molecular flexibility index (Phi) is 2.83. The van der Waals surface area contributed by atoms with E-state index in [2.05, 4.69) is 11.9 Å². The maximum atomic E-state index is 11.1. The predicted octanol–water partition coefficient (Wildman–Crippen LogP) is 1.27. The second kappa shape index (κ2) is 3.67. The SMILES string of the molecule is C=C(C)CC(=O)CNC1CC1. The van der Waals surface area contributed by atoms with Gasteiger partial charge in [0.25, 0.3) is 0 Å². The highest BCUT2D eigenvalue weighted by Gasteiger charge is 2.20. The van der Waals surface area contributed by atoms with Gasteiger partial charge in [-0.05, 0) is 19.8 Å². The molecule has 0 aromatic carbocycles. The van der Waals surface area contributed by atoms with E-state index < -0.39 is 0 Å². The summed E-state index contributed by atoms with van der Waals surface area (Å²) in [6, 6.07) is 0.629. The minimum atomic E-state index is 0.254. The van der Waals surface area contributed by atoms with Gasteiger partial charge in [-0.1, -0.05) is 12.2 Å². The quantitative estimate of drug-likeness (QED) is 0.603. The summed E-state index contributed by atoms with van der Waals surface area (Å²) in [5, 5.41) is 3.17. The van der Waals surface area contributed by atoms with E-state index in [9.17, 15) is 4.79 Å². The van der Waals surface area contributed by atoms with E-state index in [4.69, 9.17) is 0 Å². The van der Waals surface area contributed by atoms with Gasteiger partial charge in [-0.2, -0.15) is 0 Å². The van der Waals surface area contributed by atoms with Crippen LogP contribution in [0.15, 0.2) is 12.2 Å². The number of allylic oxidation sites excluding steroid dienone is 1. The van der Waals surface area contributed by atoms with Gasteiger partial charge in [0.05, 0.1) is 6.54 Å². The minimum absolute atomic E-state index is 0.254. The second-order valence-electron chi connectivity index (χ2n) is 3.33. The maximum absolute atomic E-state index is 11.1. The molecule has 0 unspecified atom stereocenters. The highest BCUT2D eigenvalue weighted by Crippen LogP contribution is 2.18. The summed E-state index contributed by atoms with van der Waals surface area (Å²) in [4.78, 5) is 11.1. The predicted molar refractivity (Wildman–Crippen MR) is 45.5 cm³/mol. The number of Topliss-reactive ketones (excluding diaryl/α,β-unsaturated/α-hetero) is 1. The highest BCUT2D eigenvalue weighted by atomic mass is 16.1. The average molecular weight is 153 g/mol. The third kappa shape index (κ3) is 3.94. The van der Waals surface area contributed by atoms with E-state index >= 15 is 0 Å². The van der Waals surface area contributed by atoms with Crippen LogP contribution in [0.5, 0.6) is 0 Å². The standard InChI is InChI=1S/C9H15NO/c1-7(2)5-9(11)6-10-8-3-4-8/h8,10H,1,3-6H2,2H3. The number of hydrogen-bond acceptors (Lipinski definition) is 2. The fraction of sp³-hybridized carbons (Fsp3) is 0.667. The van der Waals surface area contributed by atoms with Crippen molar-refractivity contribution < 1.29 is 4.79 Å². The van der Waals surface area contributed by atoms with E-state index in [1.165, 1.54) is 12.8 Å². The van der Waals surface area contributed by atoms with Gasteiger partial charge in [0.1, 0.15) is 0 Å². The molecule has 1 rings (SSSR count). The van der Waals surface area contributed by atoms with Gasteiger partial charge in [0, 0.05) is 12.5 Å². The molecule has 0 aliphatic heterocycles. The van der Waals surface area contributed by atoms with Crippen molar-refractivity contribution in [2.45, 2.75) is 32.2 Å². The second-order valence-corrected chi connectivity index (χ2v) is 3.33. The van der Waals surface area contributed by atoms with E-state index in [0.29, 0.717) is 19.0 Å². The molecule has 2 heteroatoms. The molecule has 2 nitrogen and oxygen atoms in total. The van der Waals surface area contributed by atoms with Gasteiger partial charge in [0.15, 0.2) is 5.78 Å². The molecule has 0 spiro atoms. The zero-order valence-electron chi connectivity index (χ0n) is 7.02. The highest BCUT2D eigenvalue weighted by molar-refractivity contribution is 5.82. The van der Waals surface area contributed by atoms with Crippen LogP contribution in [-0.2, 0) is 4.79 Å². The van der Waals surface area contributed by atoms with Gasteiger partial charge < -0.3 is 5.32 Å². The molecule has 62 valence electrons. The summed E-state index contributed by atoms with van der Waals surface area (Å²) in [5.41, 5.74) is 0.951. The summed E-state index contributed by atoms with van der Waals surface area (Å²) >= 11 is 0. The van der Waals surface area contributed by atoms with Crippen LogP contribution in [0.1, 0.15) is 26.2 Å². The fourth-order valence-electron chi connectivity index (χ4n) is 0.945. The van der Waals surface area contributed by atoms with Crippen LogP contribution in [0, 0.1) is 0 Å². The molecule has 11 heavy (non-hydrogen) atoms. The van der Waals surface area contributed by atoms with Gasteiger partial charge in [-0.25, -0.2) is 0 Å². The third-order valence-corrected chi connectivity index (χ3v) is 1.66. The van der Waals surface area contributed by atoms with Crippen LogP contribution in [0.25, 0.3) is 0 Å². The molecule has 0 saturated heterocycles. The number of nitrogens with one attached hydrogen (secondary N) is 1. The number of carbonyl (C=O) groups excluding carboxylic acids is 1. The van der Waals surface area contributed by atoms with Crippen molar-refractivity contribution in [3.8, 4) is 0 Å². The Morgan fingerprint density at radius 2 is 2.27 bits per heavy atom. The Labute approximate surface area is 67.7 Å². The van der Waals surface area contributed by atoms with E-state index in [1.807, 2.05) is 6.92 Å². The Hall–Kier alpha value is -0.630. The average Bonchev–Trinajstić information content (AvgIpc) is 2.63. The molecule has 1 aliphatic rings. The molecule has 0 heterocycles. The lowest BCUT2D eigenvalue weighted by molar-refractivity contribution is -0.117. The van der Waals surface area contributed by atoms with Crippen molar-refractivity contribution >= 4 is 5.78 Å². The first-order valence-electron chi connectivity index (χ1n) is 4.08. The largest absolute Gasteiger partial charge is 0.307 e. The number of carbonyl (C=O) groups is 1. The van der Waals surface area contributed by atoms with Crippen molar-refractivity contribution in [1.29, 1.82) is 0 Å². The van der Waals surface area contributed by atoms with Gasteiger partial charge >= 0.3 is 0 Å². The van der Waals surface area contributed by atoms with Crippen LogP contribution in [-0.4, -0.2) is 18.4 Å². The molecular weight excluding hydrogens is 138 g/mol. The molecule has 0 amide bonds. The first-order valence-corrected chi connectivity index (χ1v) is 4.08.